The number of aliphatic hydroxyl groups excluding tert-OH is 1. The predicted octanol–water partition coefficient (Wildman–Crippen LogP) is 12.4. The molecular weight excluding hydrogens is 875 g/mol. The van der Waals surface area contributed by atoms with E-state index >= 15 is 0 Å². The molecule has 0 bridgehead atoms. The first-order valence-electron chi connectivity index (χ1n) is 29.4. The number of hydrogen-bond donors (Lipinski definition) is 3. The molecule has 70 heavy (non-hydrogen) atoms. The van der Waals surface area contributed by atoms with E-state index in [1.165, 1.54) is 120 Å². The van der Waals surface area contributed by atoms with Crippen LogP contribution < -0.4 is 11.1 Å². The van der Waals surface area contributed by atoms with E-state index in [4.69, 9.17) is 10.5 Å². The highest BCUT2D eigenvalue weighted by Gasteiger charge is 2.60. The lowest BCUT2D eigenvalue weighted by atomic mass is 9.44. The number of aliphatic hydroxyl groups is 1. The maximum Gasteiger partial charge on any atom is 0.237 e. The van der Waals surface area contributed by atoms with Gasteiger partial charge in [0.15, 0.2) is 5.78 Å². The molecule has 400 valence electrons. The van der Waals surface area contributed by atoms with Gasteiger partial charge in [0.25, 0.3) is 0 Å². The quantitative estimate of drug-likeness (QED) is 0.0428. The van der Waals surface area contributed by atoms with Crippen molar-refractivity contribution in [3.8, 4) is 0 Å². The zero-order valence-electron chi connectivity index (χ0n) is 45.3. The first-order valence-corrected chi connectivity index (χ1v) is 29.4. The number of methoxy groups -OCH3 is 1. The summed E-state index contributed by atoms with van der Waals surface area (Å²) in [6.07, 6.45) is 38.7. The number of rotatable bonds is 34. The summed E-state index contributed by atoms with van der Waals surface area (Å²) in [6.45, 7) is 9.95. The van der Waals surface area contributed by atoms with Crippen molar-refractivity contribution in [2.24, 2.45) is 63.9 Å². The van der Waals surface area contributed by atoms with E-state index < -0.39 is 12.0 Å². The van der Waals surface area contributed by atoms with E-state index in [1.54, 1.807) is 7.11 Å². The van der Waals surface area contributed by atoms with Gasteiger partial charge in [-0.2, -0.15) is 0 Å². The van der Waals surface area contributed by atoms with Crippen molar-refractivity contribution in [3.05, 3.63) is 12.2 Å². The lowest BCUT2D eigenvalue weighted by Crippen LogP contribution is -2.55. The Bertz CT molecular complexity index is 1650. The van der Waals surface area contributed by atoms with Crippen LogP contribution in [0.3, 0.4) is 0 Å². The van der Waals surface area contributed by atoms with E-state index in [0.29, 0.717) is 80.8 Å². The molecule has 0 spiro atoms. The third-order valence-electron chi connectivity index (χ3n) is 19.4. The van der Waals surface area contributed by atoms with Gasteiger partial charge in [0.05, 0.1) is 19.2 Å². The number of allylic oxidation sites excluding steroid dienone is 2. The van der Waals surface area contributed by atoms with Gasteiger partial charge >= 0.3 is 0 Å². The topological polar surface area (TPSA) is 156 Å². The van der Waals surface area contributed by atoms with Crippen LogP contribution in [0, 0.1) is 58.2 Å². The molecule has 0 heterocycles. The molecule has 12 atom stereocenters. The maximum atomic E-state index is 13.6. The number of Topliss-reactive ketones (excluding diaryl/α,β-unsaturated/α-hetero) is 2. The first kappa shape index (κ1) is 58.3. The van der Waals surface area contributed by atoms with Crippen LogP contribution in [0.15, 0.2) is 12.2 Å². The number of unbranched alkanes of at least 4 members (excludes halogenated alkanes) is 14. The summed E-state index contributed by atoms with van der Waals surface area (Å²) in [5.74, 6) is 3.43. The molecule has 0 aromatic carbocycles. The number of carbonyl (C=O) groups is 5. The zero-order chi connectivity index (χ0) is 50.5. The molecule has 10 nitrogen and oxygen atoms in total. The average molecular weight is 978 g/mol. The van der Waals surface area contributed by atoms with Crippen molar-refractivity contribution in [3.63, 3.8) is 0 Å². The summed E-state index contributed by atoms with van der Waals surface area (Å²) < 4.78 is 5.27. The number of primary amides is 1. The van der Waals surface area contributed by atoms with Gasteiger partial charge in [-0.25, -0.2) is 0 Å². The fourth-order valence-electron chi connectivity index (χ4n) is 15.5. The van der Waals surface area contributed by atoms with Gasteiger partial charge in [0, 0.05) is 51.4 Å². The highest BCUT2D eigenvalue weighted by atomic mass is 16.5. The third-order valence-corrected chi connectivity index (χ3v) is 19.4. The Hall–Kier alpha value is -2.59. The largest absolute Gasteiger partial charge is 0.393 e. The van der Waals surface area contributed by atoms with Gasteiger partial charge in [-0.3, -0.25) is 24.0 Å². The normalized spacial score (nSPS) is 30.9. The van der Waals surface area contributed by atoms with Crippen LogP contribution in [0.1, 0.15) is 240 Å². The number of nitrogens with zero attached hydrogens (tertiary/aromatic N) is 1. The van der Waals surface area contributed by atoms with Gasteiger partial charge in [-0.05, 0) is 174 Å². The van der Waals surface area contributed by atoms with Gasteiger partial charge in [-0.1, -0.05) is 104 Å². The molecule has 10 heteroatoms. The molecule has 5 fully saturated rings. The minimum absolute atomic E-state index is 0.0605. The fraction of sp³-hybridized carbons (Fsp3) is 0.883. The molecule has 5 aliphatic rings. The Morgan fingerprint density at radius 1 is 0.714 bits per heavy atom. The zero-order valence-corrected chi connectivity index (χ0v) is 45.3. The lowest BCUT2D eigenvalue weighted by Gasteiger charge is -2.61. The second-order valence-electron chi connectivity index (χ2n) is 24.4. The summed E-state index contributed by atoms with van der Waals surface area (Å²) in [6, 6.07) is 0.323. The molecule has 5 unspecified atom stereocenters. The van der Waals surface area contributed by atoms with Crippen molar-refractivity contribution >= 4 is 29.3 Å². The summed E-state index contributed by atoms with van der Waals surface area (Å²) in [4.78, 5) is 66.1. The number of nitrogens with one attached hydrogen (secondary N) is 1. The van der Waals surface area contributed by atoms with Crippen molar-refractivity contribution in [1.29, 1.82) is 0 Å². The average Bonchev–Trinajstić information content (AvgIpc) is 3.89. The van der Waals surface area contributed by atoms with Crippen LogP contribution in [0.5, 0.6) is 0 Å². The van der Waals surface area contributed by atoms with Crippen molar-refractivity contribution in [2.75, 3.05) is 26.8 Å². The number of ether oxygens (including phenoxy) is 1. The summed E-state index contributed by atoms with van der Waals surface area (Å²) in [7, 11) is 1.63. The maximum absolute atomic E-state index is 13.6. The molecule has 0 radical (unpaired) electrons. The second kappa shape index (κ2) is 29.9. The molecule has 3 amide bonds. The lowest BCUT2D eigenvalue weighted by molar-refractivity contribution is -0.138. The molecule has 0 aromatic heterocycles. The van der Waals surface area contributed by atoms with E-state index in [9.17, 15) is 29.1 Å². The summed E-state index contributed by atoms with van der Waals surface area (Å²) in [5.41, 5.74) is 6.20. The Morgan fingerprint density at radius 2 is 1.34 bits per heavy atom. The van der Waals surface area contributed by atoms with Gasteiger partial charge < -0.3 is 25.8 Å². The molecule has 0 aliphatic heterocycles. The number of ketones is 2. The third kappa shape index (κ3) is 17.3. The van der Waals surface area contributed by atoms with Gasteiger partial charge in [-0.15, -0.1) is 0 Å². The first-order chi connectivity index (χ1) is 33.7. The molecule has 0 aromatic rings. The molecule has 5 saturated carbocycles. The van der Waals surface area contributed by atoms with Gasteiger partial charge in [0.1, 0.15) is 5.78 Å². The van der Waals surface area contributed by atoms with Crippen LogP contribution >= 0.6 is 0 Å². The van der Waals surface area contributed by atoms with Crippen LogP contribution in [0.2, 0.25) is 0 Å². The van der Waals surface area contributed by atoms with Crippen molar-refractivity contribution in [1.82, 2.24) is 10.2 Å². The Labute approximate surface area is 426 Å². The van der Waals surface area contributed by atoms with E-state index in [0.717, 1.165) is 69.1 Å². The molecular formula is C60H103N3O7. The molecule has 5 rings (SSSR count). The smallest absolute Gasteiger partial charge is 0.237 e. The molecule has 5 aliphatic carbocycles. The Morgan fingerprint density at radius 3 is 2.03 bits per heavy atom. The molecule has 0 saturated heterocycles. The second-order valence-corrected chi connectivity index (χ2v) is 24.4. The highest BCUT2D eigenvalue weighted by Crippen LogP contribution is 2.68. The number of carbonyl (C=O) groups excluding carboxylic acids is 5. The predicted molar refractivity (Wildman–Crippen MR) is 283 cm³/mol. The van der Waals surface area contributed by atoms with E-state index in [1.807, 2.05) is 0 Å². The minimum atomic E-state index is -0.602. The minimum Gasteiger partial charge on any atom is -0.393 e. The molecule has 4 N–H and O–H groups in total. The monoisotopic (exact) mass is 978 g/mol. The van der Waals surface area contributed by atoms with Crippen LogP contribution in [0.4, 0.5) is 0 Å². The van der Waals surface area contributed by atoms with Crippen LogP contribution in [-0.2, 0) is 28.7 Å². The summed E-state index contributed by atoms with van der Waals surface area (Å²) in [5, 5.41) is 13.6. The van der Waals surface area contributed by atoms with Crippen molar-refractivity contribution in [2.45, 2.75) is 252 Å². The Balaban J connectivity index is 0.966. The number of amides is 3. The van der Waals surface area contributed by atoms with Crippen LogP contribution in [-0.4, -0.2) is 78.2 Å². The van der Waals surface area contributed by atoms with Crippen molar-refractivity contribution < 1.29 is 33.8 Å². The van der Waals surface area contributed by atoms with Crippen LogP contribution in [0.25, 0.3) is 0 Å². The van der Waals surface area contributed by atoms with E-state index in [-0.39, 0.29) is 53.7 Å². The number of hydrogen-bond acceptors (Lipinski definition) is 7. The Kier molecular flexibility index (Phi) is 24.9. The highest BCUT2D eigenvalue weighted by molar-refractivity contribution is 5.89. The standard InChI is InChI=1S/C60H103N3O7/c1-6-7-8-9-10-11-12-13-14-15-16-17-18-19-24-27-57(68)62-47-34-36-59(3)46(39-47)29-30-50-53-32-31-52(60(53,4)37-35-54(50)59)44(2)28-33-58(69)63(42-56(61)67)41-48(64)25-22-20-21-23-26-55(66)51-40-49(65)38-45(51)43-70-5/h13-14,44-47,49-54,65H,6-12,15-43H2,1-5H3,(H2,61,67)(H,62,68)/b14-13-/t44-,45+,46?,47+,49-,50?,51?,52-,53?,54?,59+,60-/m1/s1. The summed E-state index contributed by atoms with van der Waals surface area (Å²) >= 11 is 0. The fourth-order valence-corrected chi connectivity index (χ4v) is 15.5. The SMILES string of the molecule is CCCCCCCC/C=C\CCCCCCCC(=O)N[C@H]1CC[C@@]2(C)C(CCC3C2CC[C@@]2(C)C3CC[C@@H]2[C@H](C)CCC(=O)N(CC(N)=O)CC(=O)CCCCCCC(=O)C2C[C@H](O)C[C@H]2COC)C1. The van der Waals surface area contributed by atoms with Gasteiger partial charge in [0.2, 0.25) is 17.7 Å². The van der Waals surface area contributed by atoms with E-state index in [2.05, 4.69) is 45.2 Å². The number of nitrogens with two attached hydrogens (primary N) is 1. The number of fused-ring (bicyclic) bond motifs is 5.